The molecule has 4 aliphatic rings. The van der Waals surface area contributed by atoms with Crippen LogP contribution in [-0.2, 0) is 20.7 Å². The number of ether oxygens (including phenoxy) is 3. The molecule has 0 amide bonds. The van der Waals surface area contributed by atoms with E-state index in [2.05, 4.69) is 0 Å². The first-order valence-electron chi connectivity index (χ1n) is 14.3. The number of Topliss-reactive ketones (excluding diaryl/α,β-unsaturated/α-hetero) is 1. The Hall–Kier alpha value is -3.68. The Balaban J connectivity index is 1.47. The van der Waals surface area contributed by atoms with Crippen molar-refractivity contribution in [3.8, 4) is 17.2 Å². The number of rotatable bonds is 6. The molecule has 2 aromatic carbocycles. The van der Waals surface area contributed by atoms with Crippen LogP contribution >= 0.6 is 0 Å². The van der Waals surface area contributed by atoms with Crippen molar-refractivity contribution in [2.75, 3.05) is 20.3 Å². The third kappa shape index (κ3) is 4.56. The van der Waals surface area contributed by atoms with Crippen molar-refractivity contribution in [2.24, 2.45) is 0 Å². The molecule has 2 aliphatic carbocycles. The number of benzene rings is 2. The normalized spacial score (nSPS) is 29.9. The van der Waals surface area contributed by atoms with Crippen molar-refractivity contribution >= 4 is 23.6 Å². The average molecular weight is 597 g/mol. The number of hydrogen-bond donors (Lipinski definition) is 5. The van der Waals surface area contributed by atoms with Gasteiger partial charge in [-0.15, -0.1) is 0 Å². The predicted molar refractivity (Wildman–Crippen MR) is 148 cm³/mol. The third-order valence-electron chi connectivity index (χ3n) is 9.14. The second-order valence-electron chi connectivity index (χ2n) is 11.6. The van der Waals surface area contributed by atoms with E-state index in [1.165, 1.54) is 25.3 Å². The van der Waals surface area contributed by atoms with E-state index < -0.39 is 89.6 Å². The monoisotopic (exact) mass is 596 g/mol. The van der Waals surface area contributed by atoms with E-state index in [1.807, 2.05) is 10.8 Å². The van der Waals surface area contributed by atoms with Crippen molar-refractivity contribution in [1.82, 2.24) is 0 Å². The topological polar surface area (TPSA) is 183 Å². The van der Waals surface area contributed by atoms with E-state index in [9.17, 15) is 39.9 Å². The van der Waals surface area contributed by atoms with Crippen LogP contribution < -0.4 is 4.74 Å². The van der Waals surface area contributed by atoms with Gasteiger partial charge in [0.15, 0.2) is 23.9 Å². The van der Waals surface area contributed by atoms with E-state index in [4.69, 9.17) is 14.2 Å². The highest BCUT2D eigenvalue weighted by Crippen LogP contribution is 2.52. The molecule has 0 unspecified atom stereocenters. The molecule has 1 saturated heterocycles. The standard InChI is InChI=1S/C31H33NO11/c1-14-26(35)17(32-8-3-4-9-32)10-21(42-14)43-19-12-31(40,20(34)13-33)11-16-23(19)30(39)25-24(28(16)37)27(36)15-6-5-7-18(41-2)22(15)29(25)38/h5-8,14,17,19,21,26,33,35,40H,3-4,9-13H2,1-2H3,(H-,36,37,38,39)/p+1/t14-,17-,19-,21-,26+,31-/m0/s1. The molecule has 12 heteroatoms. The summed E-state index contributed by atoms with van der Waals surface area (Å²) in [5.41, 5.74) is -3.46. The highest BCUT2D eigenvalue weighted by molar-refractivity contribution is 6.31. The number of hydrogen-bond acceptors (Lipinski definition) is 11. The fourth-order valence-electron chi connectivity index (χ4n) is 6.94. The number of carbonyl (C=O) groups excluding carboxylic acids is 3. The summed E-state index contributed by atoms with van der Waals surface area (Å²) in [7, 11) is 1.34. The predicted octanol–water partition coefficient (Wildman–Crippen LogP) is 0.920. The summed E-state index contributed by atoms with van der Waals surface area (Å²) in [6.07, 6.45) is -0.698. The highest BCUT2D eigenvalue weighted by atomic mass is 16.7. The van der Waals surface area contributed by atoms with Gasteiger partial charge >= 0.3 is 0 Å². The second-order valence-corrected chi connectivity index (χ2v) is 11.6. The molecule has 43 heavy (non-hydrogen) atoms. The summed E-state index contributed by atoms with van der Waals surface area (Å²) in [4.78, 5) is 40.2. The fraction of sp³-hybridized carbons (Fsp3) is 0.484. The van der Waals surface area contributed by atoms with Gasteiger partial charge in [0.05, 0.1) is 42.4 Å². The van der Waals surface area contributed by atoms with E-state index in [-0.39, 0.29) is 40.5 Å². The molecule has 0 bridgehead atoms. The van der Waals surface area contributed by atoms with Crippen molar-refractivity contribution in [3.05, 3.63) is 51.6 Å². The number of ketones is 3. The van der Waals surface area contributed by atoms with Gasteiger partial charge in [0.1, 0.15) is 48.3 Å². The Labute approximate surface area is 246 Å². The number of methoxy groups -OCH3 is 1. The summed E-state index contributed by atoms with van der Waals surface area (Å²) < 4.78 is 19.6. The van der Waals surface area contributed by atoms with Crippen molar-refractivity contribution in [1.29, 1.82) is 0 Å². The number of nitrogens with zero attached hydrogens (tertiary/aromatic N) is 1. The number of phenolic OH excluding ortho intramolecular Hbond substituents is 2. The van der Waals surface area contributed by atoms with Gasteiger partial charge in [-0.25, -0.2) is 4.58 Å². The van der Waals surface area contributed by atoms with Crippen LogP contribution in [0.5, 0.6) is 17.2 Å². The highest BCUT2D eigenvalue weighted by Gasteiger charge is 2.51. The molecule has 5 N–H and O–H groups in total. The lowest BCUT2D eigenvalue weighted by Crippen LogP contribution is -2.53. The van der Waals surface area contributed by atoms with Crippen LogP contribution in [0.1, 0.15) is 81.7 Å². The van der Waals surface area contributed by atoms with Crippen LogP contribution in [0.4, 0.5) is 0 Å². The number of aliphatic hydroxyl groups excluding tert-OH is 2. The molecule has 1 fully saturated rings. The molecule has 12 nitrogen and oxygen atoms in total. The summed E-state index contributed by atoms with van der Waals surface area (Å²) in [6.45, 7) is 1.44. The molecule has 2 aromatic rings. The quantitative estimate of drug-likeness (QED) is 0.201. The van der Waals surface area contributed by atoms with Gasteiger partial charge in [0.2, 0.25) is 5.78 Å². The molecule has 2 heterocycles. The Bertz CT molecular complexity index is 1570. The summed E-state index contributed by atoms with van der Waals surface area (Å²) in [5, 5.41) is 55.1. The van der Waals surface area contributed by atoms with Gasteiger partial charge in [0.25, 0.3) is 0 Å². The molecule has 6 atom stereocenters. The number of carbonyl (C=O) groups is 3. The minimum atomic E-state index is -2.23. The van der Waals surface area contributed by atoms with Crippen LogP contribution in [0, 0.1) is 0 Å². The zero-order valence-electron chi connectivity index (χ0n) is 23.8. The Kier molecular flexibility index (Phi) is 7.38. The molecule has 0 aromatic heterocycles. The number of phenols is 2. The number of aromatic hydroxyl groups is 2. The lowest BCUT2D eigenvalue weighted by Gasteiger charge is -2.41. The summed E-state index contributed by atoms with van der Waals surface area (Å²) >= 11 is 0. The van der Waals surface area contributed by atoms with Crippen LogP contribution in [0.3, 0.4) is 0 Å². The van der Waals surface area contributed by atoms with Gasteiger partial charge in [-0.1, -0.05) is 12.1 Å². The molecule has 2 aliphatic heterocycles. The minimum absolute atomic E-state index is 0.0373. The summed E-state index contributed by atoms with van der Waals surface area (Å²) in [5.74, 6) is -3.64. The molecule has 0 spiro atoms. The van der Waals surface area contributed by atoms with Gasteiger partial charge in [-0.2, -0.15) is 0 Å². The number of aliphatic hydroxyl groups is 3. The van der Waals surface area contributed by atoms with Crippen LogP contribution in [0.15, 0.2) is 18.2 Å². The Morgan fingerprint density at radius 3 is 2.56 bits per heavy atom. The van der Waals surface area contributed by atoms with Gasteiger partial charge in [-0.3, -0.25) is 14.4 Å². The maximum Gasteiger partial charge on any atom is 0.202 e. The van der Waals surface area contributed by atoms with E-state index in [0.29, 0.717) is 0 Å². The van der Waals surface area contributed by atoms with Crippen LogP contribution in [-0.4, -0.2) is 104 Å². The maximum atomic E-state index is 13.8. The average Bonchev–Trinajstić information content (AvgIpc) is 3.53. The van der Waals surface area contributed by atoms with Crippen molar-refractivity contribution < 1.29 is 58.7 Å². The van der Waals surface area contributed by atoms with Crippen molar-refractivity contribution in [3.63, 3.8) is 0 Å². The Morgan fingerprint density at radius 2 is 1.88 bits per heavy atom. The molecule has 0 saturated carbocycles. The van der Waals surface area contributed by atoms with Gasteiger partial charge in [0, 0.05) is 42.4 Å². The molecule has 0 radical (unpaired) electrons. The van der Waals surface area contributed by atoms with E-state index >= 15 is 0 Å². The van der Waals surface area contributed by atoms with E-state index in [1.54, 1.807) is 6.92 Å². The van der Waals surface area contributed by atoms with Gasteiger partial charge < -0.3 is 39.7 Å². The smallest absolute Gasteiger partial charge is 0.202 e. The first-order chi connectivity index (χ1) is 20.5. The zero-order valence-corrected chi connectivity index (χ0v) is 23.8. The number of fused-ring (bicyclic) bond motifs is 3. The molecular formula is C31H34NO11+. The largest absolute Gasteiger partial charge is 0.507 e. The molecule has 228 valence electrons. The Morgan fingerprint density at radius 1 is 1.14 bits per heavy atom. The first kappa shape index (κ1) is 29.4. The molecule has 6 rings (SSSR count). The first-order valence-corrected chi connectivity index (χ1v) is 14.3. The second kappa shape index (κ2) is 10.8. The third-order valence-corrected chi connectivity index (χ3v) is 9.14. The van der Waals surface area contributed by atoms with E-state index in [0.717, 1.165) is 19.4 Å². The zero-order chi connectivity index (χ0) is 30.8. The maximum absolute atomic E-state index is 13.8. The van der Waals surface area contributed by atoms with Crippen LogP contribution in [0.25, 0.3) is 0 Å². The van der Waals surface area contributed by atoms with Gasteiger partial charge in [-0.05, 0) is 13.0 Å². The lowest BCUT2D eigenvalue weighted by atomic mass is 9.72. The fourth-order valence-corrected chi connectivity index (χ4v) is 6.94. The minimum Gasteiger partial charge on any atom is -0.507 e. The van der Waals surface area contributed by atoms with Crippen molar-refractivity contribution in [2.45, 2.75) is 75.3 Å². The van der Waals surface area contributed by atoms with Crippen LogP contribution in [0.2, 0.25) is 0 Å². The SMILES string of the molecule is COc1cccc2c1C(=O)c1c(O)c3c(c(O)c1C2=O)C[C@@](O)(C(=O)CO)C[C@@H]3O[C@H]1C[C@H]([N+]2=CCCC2)[C@H](O)[C@H](C)O1. The summed E-state index contributed by atoms with van der Waals surface area (Å²) in [6, 6.07) is 4.08. The molecular weight excluding hydrogens is 562 g/mol. The lowest BCUT2D eigenvalue weighted by molar-refractivity contribution is -0.579.